The van der Waals surface area contributed by atoms with E-state index in [9.17, 15) is 9.59 Å². The molecule has 1 aliphatic rings. The second-order valence-electron chi connectivity index (χ2n) is 4.78. The van der Waals surface area contributed by atoms with Crippen molar-refractivity contribution in [2.24, 2.45) is 0 Å². The van der Waals surface area contributed by atoms with E-state index in [4.69, 9.17) is 4.74 Å². The van der Waals surface area contributed by atoms with Gasteiger partial charge in [0.25, 0.3) is 5.91 Å². The van der Waals surface area contributed by atoms with Crippen molar-refractivity contribution in [3.05, 3.63) is 22.4 Å². The summed E-state index contributed by atoms with van der Waals surface area (Å²) in [5.74, 6) is -0.155. The van der Waals surface area contributed by atoms with Crippen molar-refractivity contribution in [2.45, 2.75) is 18.9 Å². The van der Waals surface area contributed by atoms with Crippen LogP contribution in [-0.2, 0) is 20.7 Å². The molecule has 0 saturated carbocycles. The predicted molar refractivity (Wildman–Crippen MR) is 73.0 cm³/mol. The van der Waals surface area contributed by atoms with E-state index in [-0.39, 0.29) is 11.8 Å². The molecule has 2 amide bonds. The van der Waals surface area contributed by atoms with Crippen LogP contribution in [0.5, 0.6) is 0 Å². The third-order valence-corrected chi connectivity index (χ3v) is 4.00. The average Bonchev–Trinajstić information content (AvgIpc) is 2.90. The highest BCUT2D eigenvalue weighted by molar-refractivity contribution is 7.07. The highest BCUT2D eigenvalue weighted by atomic mass is 32.1. The molecule has 1 unspecified atom stereocenters. The van der Waals surface area contributed by atoms with Gasteiger partial charge in [0, 0.05) is 13.6 Å². The lowest BCUT2D eigenvalue weighted by Gasteiger charge is -2.39. The van der Waals surface area contributed by atoms with E-state index in [1.54, 1.807) is 30.2 Å². The molecule has 2 heterocycles. The van der Waals surface area contributed by atoms with Crippen molar-refractivity contribution in [3.63, 3.8) is 0 Å². The summed E-state index contributed by atoms with van der Waals surface area (Å²) in [6.07, 6.45) is 0.382. The van der Waals surface area contributed by atoms with Gasteiger partial charge in [-0.25, -0.2) is 0 Å². The maximum atomic E-state index is 12.2. The Morgan fingerprint density at radius 3 is 3.00 bits per heavy atom. The molecule has 1 aromatic rings. The molecule has 0 radical (unpaired) electrons. The summed E-state index contributed by atoms with van der Waals surface area (Å²) in [6.45, 7) is 2.94. The van der Waals surface area contributed by atoms with Crippen LogP contribution in [0.15, 0.2) is 16.8 Å². The first-order valence-electron chi connectivity index (χ1n) is 6.20. The number of carbonyl (C=O) groups is 2. The van der Waals surface area contributed by atoms with Crippen LogP contribution in [0.2, 0.25) is 0 Å². The minimum absolute atomic E-state index is 0.0387. The largest absolute Gasteiger partial charge is 0.362 e. The summed E-state index contributed by atoms with van der Waals surface area (Å²) in [5, 5.41) is 6.50. The van der Waals surface area contributed by atoms with Crippen LogP contribution in [0.25, 0.3) is 0 Å². The Hall–Kier alpha value is -1.40. The van der Waals surface area contributed by atoms with Gasteiger partial charge in [-0.15, -0.1) is 0 Å². The van der Waals surface area contributed by atoms with Crippen LogP contribution in [0.4, 0.5) is 0 Å². The molecule has 6 heteroatoms. The third-order valence-electron chi connectivity index (χ3n) is 3.27. The number of thiophene rings is 1. The van der Waals surface area contributed by atoms with Crippen LogP contribution < -0.4 is 5.32 Å². The number of rotatable bonds is 3. The number of nitrogens with one attached hydrogen (secondary N) is 1. The summed E-state index contributed by atoms with van der Waals surface area (Å²) in [5.41, 5.74) is 0.0697. The lowest BCUT2D eigenvalue weighted by molar-refractivity contribution is -0.162. The van der Waals surface area contributed by atoms with E-state index in [1.807, 2.05) is 16.8 Å². The summed E-state index contributed by atoms with van der Waals surface area (Å²) < 4.78 is 5.53. The van der Waals surface area contributed by atoms with Crippen molar-refractivity contribution >= 4 is 23.2 Å². The number of hydrogen-bond acceptors (Lipinski definition) is 4. The molecular formula is C13H18N2O3S. The van der Waals surface area contributed by atoms with Gasteiger partial charge in [0.2, 0.25) is 5.91 Å². The van der Waals surface area contributed by atoms with E-state index in [1.165, 1.54) is 0 Å². The van der Waals surface area contributed by atoms with Gasteiger partial charge < -0.3 is 15.0 Å². The Labute approximate surface area is 116 Å². The van der Waals surface area contributed by atoms with Gasteiger partial charge in [-0.2, -0.15) is 11.3 Å². The van der Waals surface area contributed by atoms with Crippen LogP contribution in [0.3, 0.4) is 0 Å². The molecule has 2 rings (SSSR count). The molecule has 5 nitrogen and oxygen atoms in total. The van der Waals surface area contributed by atoms with Gasteiger partial charge in [0.1, 0.15) is 0 Å². The maximum absolute atomic E-state index is 12.2. The van der Waals surface area contributed by atoms with Gasteiger partial charge in [-0.05, 0) is 29.3 Å². The Morgan fingerprint density at radius 2 is 2.37 bits per heavy atom. The predicted octanol–water partition coefficient (Wildman–Crippen LogP) is 0.654. The van der Waals surface area contributed by atoms with Crippen molar-refractivity contribution in [1.82, 2.24) is 10.2 Å². The second-order valence-corrected chi connectivity index (χ2v) is 5.56. The highest BCUT2D eigenvalue weighted by Gasteiger charge is 2.40. The van der Waals surface area contributed by atoms with Crippen LogP contribution in [0.1, 0.15) is 12.5 Å². The van der Waals surface area contributed by atoms with Crippen molar-refractivity contribution < 1.29 is 14.3 Å². The molecule has 1 fully saturated rings. The number of nitrogens with zero attached hydrogens (tertiary/aromatic N) is 1. The average molecular weight is 282 g/mol. The molecule has 1 N–H and O–H groups in total. The highest BCUT2D eigenvalue weighted by Crippen LogP contribution is 2.19. The molecule has 1 aliphatic heterocycles. The van der Waals surface area contributed by atoms with E-state index in [0.717, 1.165) is 5.56 Å². The van der Waals surface area contributed by atoms with Gasteiger partial charge in [-0.1, -0.05) is 0 Å². The Bertz CT molecular complexity index is 460. The van der Waals surface area contributed by atoms with E-state index in [2.05, 4.69) is 5.32 Å². The van der Waals surface area contributed by atoms with Crippen molar-refractivity contribution in [3.8, 4) is 0 Å². The molecule has 1 saturated heterocycles. The number of carbonyl (C=O) groups excluding carboxylic acids is 2. The fourth-order valence-corrected chi connectivity index (χ4v) is 2.83. The quantitative estimate of drug-likeness (QED) is 0.886. The van der Waals surface area contributed by atoms with E-state index in [0.29, 0.717) is 26.1 Å². The first-order chi connectivity index (χ1) is 9.05. The van der Waals surface area contributed by atoms with Crippen LogP contribution in [-0.4, -0.2) is 49.1 Å². The lowest BCUT2D eigenvalue weighted by Crippen LogP contribution is -2.59. The smallest absolute Gasteiger partial charge is 0.253 e. The minimum atomic E-state index is -0.947. The zero-order chi connectivity index (χ0) is 13.9. The molecule has 0 aromatic carbocycles. The molecule has 0 bridgehead atoms. The summed E-state index contributed by atoms with van der Waals surface area (Å²) in [7, 11) is 1.57. The number of morpholine rings is 1. The molecular weight excluding hydrogens is 264 g/mol. The first-order valence-corrected chi connectivity index (χ1v) is 7.14. The summed E-state index contributed by atoms with van der Waals surface area (Å²) in [4.78, 5) is 25.7. The van der Waals surface area contributed by atoms with Crippen molar-refractivity contribution in [2.75, 3.05) is 26.7 Å². The first kappa shape index (κ1) is 14.0. The normalized spacial score (nSPS) is 23.2. The fraction of sp³-hybridized carbons (Fsp3) is 0.538. The SMILES string of the molecule is CNC(=O)C1(C)CN(C(=O)Cc2ccsc2)CCO1. The fourth-order valence-electron chi connectivity index (χ4n) is 2.16. The van der Waals surface area contributed by atoms with Gasteiger partial charge in [0.15, 0.2) is 5.60 Å². The van der Waals surface area contributed by atoms with Crippen LogP contribution >= 0.6 is 11.3 Å². The van der Waals surface area contributed by atoms with Gasteiger partial charge in [-0.3, -0.25) is 9.59 Å². The van der Waals surface area contributed by atoms with Gasteiger partial charge in [0.05, 0.1) is 19.6 Å². The summed E-state index contributed by atoms with van der Waals surface area (Å²) in [6, 6.07) is 1.95. The molecule has 1 aromatic heterocycles. The molecule has 104 valence electrons. The standard InChI is InChI=1S/C13H18N2O3S/c1-13(12(17)14-2)9-15(4-5-18-13)11(16)7-10-3-6-19-8-10/h3,6,8H,4-5,7,9H2,1-2H3,(H,14,17). The van der Waals surface area contributed by atoms with Crippen LogP contribution in [0, 0.1) is 0 Å². The van der Waals surface area contributed by atoms with E-state index >= 15 is 0 Å². The Kier molecular flexibility index (Phi) is 4.21. The monoisotopic (exact) mass is 282 g/mol. The zero-order valence-corrected chi connectivity index (χ0v) is 12.0. The topological polar surface area (TPSA) is 58.6 Å². The van der Waals surface area contributed by atoms with Crippen molar-refractivity contribution in [1.29, 1.82) is 0 Å². The number of amides is 2. The second kappa shape index (κ2) is 5.71. The zero-order valence-electron chi connectivity index (χ0n) is 11.1. The van der Waals surface area contributed by atoms with Gasteiger partial charge >= 0.3 is 0 Å². The number of ether oxygens (including phenoxy) is 1. The maximum Gasteiger partial charge on any atom is 0.253 e. The summed E-state index contributed by atoms with van der Waals surface area (Å²) >= 11 is 1.58. The molecule has 0 spiro atoms. The third kappa shape index (κ3) is 3.13. The minimum Gasteiger partial charge on any atom is -0.362 e. The number of hydrogen-bond donors (Lipinski definition) is 1. The molecule has 19 heavy (non-hydrogen) atoms. The Balaban J connectivity index is 2.01. The molecule has 0 aliphatic carbocycles. The lowest BCUT2D eigenvalue weighted by atomic mass is 10.0. The Morgan fingerprint density at radius 1 is 1.58 bits per heavy atom. The van der Waals surface area contributed by atoms with E-state index < -0.39 is 5.60 Å². The molecule has 1 atom stereocenters. The number of likely N-dealkylation sites (N-methyl/N-ethyl adjacent to an activating group) is 1.